The fourth-order valence-corrected chi connectivity index (χ4v) is 2.35. The van der Waals surface area contributed by atoms with E-state index in [4.69, 9.17) is 28.0 Å². The van der Waals surface area contributed by atoms with Gasteiger partial charge in [-0.05, 0) is 31.0 Å². The molecule has 2 aromatic carbocycles. The van der Waals surface area contributed by atoms with Crippen molar-refractivity contribution in [3.63, 3.8) is 0 Å². The lowest BCUT2D eigenvalue weighted by Crippen LogP contribution is -2.18. The number of nitrogens with one attached hydrogen (secondary N) is 1. The molecule has 23 heavy (non-hydrogen) atoms. The number of halogens is 2. The third-order valence-corrected chi connectivity index (χ3v) is 4.02. The molecule has 0 spiro atoms. The van der Waals surface area contributed by atoms with E-state index in [2.05, 4.69) is 10.5 Å². The summed E-state index contributed by atoms with van der Waals surface area (Å²) in [6, 6.07) is 11.0. The number of anilines is 1. The number of hydrogen-bond donors (Lipinski definition) is 1. The van der Waals surface area contributed by atoms with E-state index >= 15 is 0 Å². The van der Waals surface area contributed by atoms with Gasteiger partial charge in [0.2, 0.25) is 0 Å². The Hall–Kier alpha value is -2.04. The van der Waals surface area contributed by atoms with Crippen molar-refractivity contribution < 1.29 is 9.63 Å². The molecular weight excluding hydrogens is 335 g/mol. The number of rotatable bonds is 5. The van der Waals surface area contributed by atoms with Gasteiger partial charge >= 0.3 is 0 Å². The standard InChI is InChI=1S/C17H16Cl2N2O2/c1-11-5-3-6-12(2)17(11)21-15(22)10-23-20-9-13-7-4-8-14(18)16(13)19/h3-9H,10H2,1-2H3,(H,21,22)/b20-9-. The first-order valence-electron chi connectivity index (χ1n) is 6.94. The second-order valence-corrected chi connectivity index (χ2v) is 5.75. The second-order valence-electron chi connectivity index (χ2n) is 4.97. The highest BCUT2D eigenvalue weighted by Crippen LogP contribution is 2.24. The van der Waals surface area contributed by atoms with E-state index < -0.39 is 0 Å². The maximum Gasteiger partial charge on any atom is 0.265 e. The molecule has 0 atom stereocenters. The average molecular weight is 351 g/mol. The van der Waals surface area contributed by atoms with Crippen LogP contribution in [0, 0.1) is 13.8 Å². The van der Waals surface area contributed by atoms with Gasteiger partial charge in [-0.1, -0.05) is 58.7 Å². The topological polar surface area (TPSA) is 50.7 Å². The summed E-state index contributed by atoms with van der Waals surface area (Å²) in [5.41, 5.74) is 3.40. The predicted octanol–water partition coefficient (Wildman–Crippen LogP) is 4.60. The third-order valence-electron chi connectivity index (χ3n) is 3.19. The number of para-hydroxylation sites is 1. The van der Waals surface area contributed by atoms with Gasteiger partial charge in [-0.25, -0.2) is 0 Å². The Kier molecular flexibility index (Phi) is 6.02. The molecule has 2 aromatic rings. The second kappa shape index (κ2) is 7.99. The van der Waals surface area contributed by atoms with E-state index in [1.165, 1.54) is 6.21 Å². The summed E-state index contributed by atoms with van der Waals surface area (Å²) in [5, 5.41) is 7.38. The number of nitrogens with zero attached hydrogens (tertiary/aromatic N) is 1. The number of aryl methyl sites for hydroxylation is 2. The van der Waals surface area contributed by atoms with Gasteiger partial charge in [-0.15, -0.1) is 0 Å². The first-order valence-corrected chi connectivity index (χ1v) is 7.70. The van der Waals surface area contributed by atoms with Crippen molar-refractivity contribution in [2.45, 2.75) is 13.8 Å². The van der Waals surface area contributed by atoms with E-state index in [0.717, 1.165) is 16.8 Å². The highest BCUT2D eigenvalue weighted by atomic mass is 35.5. The normalized spacial score (nSPS) is 10.8. The molecule has 0 radical (unpaired) electrons. The van der Waals surface area contributed by atoms with Crippen LogP contribution in [0.15, 0.2) is 41.6 Å². The monoisotopic (exact) mass is 350 g/mol. The first-order chi connectivity index (χ1) is 11.0. The first kappa shape index (κ1) is 17.3. The minimum absolute atomic E-state index is 0.192. The van der Waals surface area contributed by atoms with Gasteiger partial charge in [0.05, 0.1) is 16.3 Å². The SMILES string of the molecule is Cc1cccc(C)c1NC(=O)CO/N=C\c1cccc(Cl)c1Cl. The molecule has 4 nitrogen and oxygen atoms in total. The molecule has 0 aromatic heterocycles. The minimum atomic E-state index is -0.281. The van der Waals surface area contributed by atoms with Crippen molar-refractivity contribution in [3.8, 4) is 0 Å². The van der Waals surface area contributed by atoms with Gasteiger partial charge in [0, 0.05) is 11.3 Å². The summed E-state index contributed by atoms with van der Waals surface area (Å²) in [4.78, 5) is 16.9. The van der Waals surface area contributed by atoms with Gasteiger partial charge < -0.3 is 10.2 Å². The van der Waals surface area contributed by atoms with Crippen LogP contribution in [0.3, 0.4) is 0 Å². The maximum atomic E-state index is 11.9. The summed E-state index contributed by atoms with van der Waals surface area (Å²) >= 11 is 11.9. The van der Waals surface area contributed by atoms with Crippen LogP contribution < -0.4 is 5.32 Å². The molecule has 0 aliphatic heterocycles. The van der Waals surface area contributed by atoms with Crippen molar-refractivity contribution >= 4 is 41.0 Å². The summed E-state index contributed by atoms with van der Waals surface area (Å²) in [7, 11) is 0. The molecule has 6 heteroatoms. The maximum absolute atomic E-state index is 11.9. The Morgan fingerprint density at radius 3 is 2.52 bits per heavy atom. The molecule has 0 bridgehead atoms. The number of oxime groups is 1. The van der Waals surface area contributed by atoms with Crippen molar-refractivity contribution in [2.75, 3.05) is 11.9 Å². The molecular formula is C17H16Cl2N2O2. The van der Waals surface area contributed by atoms with E-state index in [9.17, 15) is 4.79 Å². The number of carbonyl (C=O) groups is 1. The Labute approximate surface area is 145 Å². The zero-order valence-corrected chi connectivity index (χ0v) is 14.3. The Bertz CT molecular complexity index is 725. The molecule has 0 unspecified atom stereocenters. The molecule has 0 saturated carbocycles. The zero-order chi connectivity index (χ0) is 16.8. The fourth-order valence-electron chi connectivity index (χ4n) is 2.00. The molecule has 2 rings (SSSR count). The van der Waals surface area contributed by atoms with E-state index in [1.54, 1.807) is 18.2 Å². The largest absolute Gasteiger partial charge is 0.386 e. The summed E-state index contributed by atoms with van der Waals surface area (Å²) < 4.78 is 0. The van der Waals surface area contributed by atoms with Crippen LogP contribution in [0.2, 0.25) is 10.0 Å². The van der Waals surface area contributed by atoms with Gasteiger partial charge in [0.25, 0.3) is 5.91 Å². The van der Waals surface area contributed by atoms with Crippen LogP contribution in [0.5, 0.6) is 0 Å². The lowest BCUT2D eigenvalue weighted by Gasteiger charge is -2.10. The number of benzene rings is 2. The lowest BCUT2D eigenvalue weighted by atomic mass is 10.1. The number of hydrogen-bond acceptors (Lipinski definition) is 3. The molecule has 1 N–H and O–H groups in total. The fraction of sp³-hybridized carbons (Fsp3) is 0.176. The highest BCUT2D eigenvalue weighted by Gasteiger charge is 2.07. The summed E-state index contributed by atoms with van der Waals surface area (Å²) in [6.45, 7) is 3.67. The van der Waals surface area contributed by atoms with Crippen LogP contribution in [0.25, 0.3) is 0 Å². The van der Waals surface area contributed by atoms with Gasteiger partial charge in [0.1, 0.15) is 0 Å². The van der Waals surface area contributed by atoms with Gasteiger partial charge in [-0.2, -0.15) is 0 Å². The summed E-state index contributed by atoms with van der Waals surface area (Å²) in [5.74, 6) is -0.281. The Morgan fingerprint density at radius 1 is 1.17 bits per heavy atom. The Balaban J connectivity index is 1.90. The van der Waals surface area contributed by atoms with Crippen LogP contribution in [0.1, 0.15) is 16.7 Å². The zero-order valence-electron chi connectivity index (χ0n) is 12.8. The smallest absolute Gasteiger partial charge is 0.265 e. The van der Waals surface area contributed by atoms with E-state index in [0.29, 0.717) is 15.6 Å². The molecule has 0 aliphatic rings. The van der Waals surface area contributed by atoms with Crippen molar-refractivity contribution in [2.24, 2.45) is 5.16 Å². The molecule has 120 valence electrons. The van der Waals surface area contributed by atoms with Crippen LogP contribution >= 0.6 is 23.2 Å². The molecule has 0 heterocycles. The van der Waals surface area contributed by atoms with Gasteiger partial charge in [-0.3, -0.25) is 4.79 Å². The minimum Gasteiger partial charge on any atom is -0.386 e. The molecule has 0 fully saturated rings. The third kappa shape index (κ3) is 4.71. The van der Waals surface area contributed by atoms with Crippen molar-refractivity contribution in [3.05, 3.63) is 63.1 Å². The van der Waals surface area contributed by atoms with Crippen molar-refractivity contribution in [1.29, 1.82) is 0 Å². The Morgan fingerprint density at radius 2 is 1.83 bits per heavy atom. The molecule has 0 aliphatic carbocycles. The van der Waals surface area contributed by atoms with E-state index in [-0.39, 0.29) is 12.5 Å². The molecule has 0 saturated heterocycles. The highest BCUT2D eigenvalue weighted by molar-refractivity contribution is 6.43. The van der Waals surface area contributed by atoms with Crippen LogP contribution in [0.4, 0.5) is 5.69 Å². The average Bonchev–Trinajstić information content (AvgIpc) is 2.51. The van der Waals surface area contributed by atoms with Crippen molar-refractivity contribution in [1.82, 2.24) is 0 Å². The number of carbonyl (C=O) groups excluding carboxylic acids is 1. The number of amides is 1. The van der Waals surface area contributed by atoms with Crippen LogP contribution in [-0.2, 0) is 9.63 Å². The predicted molar refractivity (Wildman–Crippen MR) is 94.6 cm³/mol. The van der Waals surface area contributed by atoms with Gasteiger partial charge in [0.15, 0.2) is 6.61 Å². The van der Waals surface area contributed by atoms with Crippen LogP contribution in [-0.4, -0.2) is 18.7 Å². The van der Waals surface area contributed by atoms with E-state index in [1.807, 2.05) is 32.0 Å². The quantitative estimate of drug-likeness (QED) is 0.632. The lowest BCUT2D eigenvalue weighted by molar-refractivity contribution is -0.120. The summed E-state index contributed by atoms with van der Waals surface area (Å²) in [6.07, 6.45) is 1.42. The molecule has 1 amide bonds.